The Labute approximate surface area is 183 Å². The van der Waals surface area contributed by atoms with Crippen LogP contribution in [0.5, 0.6) is 0 Å². The van der Waals surface area contributed by atoms with Crippen molar-refractivity contribution in [2.75, 3.05) is 0 Å². The standard InChI is InChI=1S/C22H22N6O2S/c1-13(2)12-28-21(18-9-6-10-30-18)26-27-22(28)31-14(3)19(29)15(11-23)20-24-16-7-4-5-8-17(16)25-20/h4-10,13-14,29H,12H2,1-3H3,(H,24,25)/b19-15-. The Hall–Kier alpha value is -3.51. The van der Waals surface area contributed by atoms with Crippen LogP contribution in [0.2, 0.25) is 0 Å². The van der Waals surface area contributed by atoms with Gasteiger partial charge in [0.05, 0.1) is 22.5 Å². The molecule has 0 aliphatic carbocycles. The minimum atomic E-state index is -0.442. The molecule has 2 N–H and O–H groups in total. The molecule has 1 atom stereocenters. The molecule has 4 rings (SSSR count). The van der Waals surface area contributed by atoms with Gasteiger partial charge in [-0.2, -0.15) is 5.26 Å². The third-order valence-corrected chi connectivity index (χ3v) is 5.76. The van der Waals surface area contributed by atoms with Gasteiger partial charge in [-0.15, -0.1) is 10.2 Å². The fourth-order valence-corrected chi connectivity index (χ4v) is 4.14. The van der Waals surface area contributed by atoms with Crippen molar-refractivity contribution in [3.63, 3.8) is 0 Å². The molecule has 1 unspecified atom stereocenters. The zero-order chi connectivity index (χ0) is 22.0. The first-order chi connectivity index (χ1) is 15.0. The van der Waals surface area contributed by atoms with Crippen LogP contribution >= 0.6 is 11.8 Å². The fourth-order valence-electron chi connectivity index (χ4n) is 3.21. The van der Waals surface area contributed by atoms with Crippen LogP contribution in [0.1, 0.15) is 26.6 Å². The lowest BCUT2D eigenvalue weighted by Crippen LogP contribution is -2.11. The van der Waals surface area contributed by atoms with Crippen molar-refractivity contribution >= 4 is 28.4 Å². The van der Waals surface area contributed by atoms with Gasteiger partial charge in [0.2, 0.25) is 0 Å². The molecular weight excluding hydrogens is 412 g/mol. The van der Waals surface area contributed by atoms with Crippen molar-refractivity contribution in [3.8, 4) is 17.7 Å². The second kappa shape index (κ2) is 8.70. The predicted molar refractivity (Wildman–Crippen MR) is 119 cm³/mol. The van der Waals surface area contributed by atoms with Gasteiger partial charge < -0.3 is 14.5 Å². The second-order valence-corrected chi connectivity index (χ2v) is 8.83. The highest BCUT2D eigenvalue weighted by molar-refractivity contribution is 7.99. The van der Waals surface area contributed by atoms with Crippen LogP contribution in [-0.4, -0.2) is 35.1 Å². The van der Waals surface area contributed by atoms with Crippen LogP contribution in [0.3, 0.4) is 0 Å². The lowest BCUT2D eigenvalue weighted by molar-refractivity contribution is 0.401. The number of aromatic amines is 1. The summed E-state index contributed by atoms with van der Waals surface area (Å²) in [6.45, 7) is 6.73. The Balaban J connectivity index is 1.66. The average Bonchev–Trinajstić information content (AvgIpc) is 3.48. The van der Waals surface area contributed by atoms with Crippen LogP contribution in [-0.2, 0) is 6.54 Å². The molecule has 0 amide bonds. The molecule has 0 saturated carbocycles. The van der Waals surface area contributed by atoms with Crippen molar-refractivity contribution in [3.05, 3.63) is 54.2 Å². The average molecular weight is 435 g/mol. The number of aliphatic hydroxyl groups is 1. The van der Waals surface area contributed by atoms with Crippen LogP contribution < -0.4 is 0 Å². The van der Waals surface area contributed by atoms with Gasteiger partial charge in [0.1, 0.15) is 17.4 Å². The number of nitriles is 1. The maximum absolute atomic E-state index is 10.9. The summed E-state index contributed by atoms with van der Waals surface area (Å²) in [6, 6.07) is 13.2. The number of rotatable bonds is 7. The normalized spacial score (nSPS) is 13.4. The Morgan fingerprint density at radius 2 is 2.03 bits per heavy atom. The van der Waals surface area contributed by atoms with Crippen LogP contribution in [0.4, 0.5) is 0 Å². The zero-order valence-electron chi connectivity index (χ0n) is 17.4. The molecule has 0 bridgehead atoms. The molecule has 0 spiro atoms. The summed E-state index contributed by atoms with van der Waals surface area (Å²) in [4.78, 5) is 7.54. The van der Waals surface area contributed by atoms with Crippen LogP contribution in [0, 0.1) is 17.2 Å². The molecule has 4 aromatic rings. The molecule has 0 aliphatic heterocycles. The number of thioether (sulfide) groups is 1. The molecule has 1 aromatic carbocycles. The summed E-state index contributed by atoms with van der Waals surface area (Å²) in [7, 11) is 0. The first-order valence-electron chi connectivity index (χ1n) is 9.90. The van der Waals surface area contributed by atoms with E-state index in [-0.39, 0.29) is 11.3 Å². The molecule has 3 heterocycles. The first kappa shape index (κ1) is 20.8. The summed E-state index contributed by atoms with van der Waals surface area (Å²) in [5.41, 5.74) is 1.65. The van der Waals surface area contributed by atoms with Gasteiger partial charge in [-0.3, -0.25) is 4.57 Å². The number of nitrogens with one attached hydrogen (secondary N) is 1. The van der Waals surface area contributed by atoms with Gasteiger partial charge in [-0.25, -0.2) is 4.98 Å². The van der Waals surface area contributed by atoms with E-state index < -0.39 is 5.25 Å². The lowest BCUT2D eigenvalue weighted by Gasteiger charge is -2.14. The summed E-state index contributed by atoms with van der Waals surface area (Å²) < 4.78 is 7.48. The number of fused-ring (bicyclic) bond motifs is 1. The number of para-hydroxylation sites is 2. The number of hydrogen-bond acceptors (Lipinski definition) is 7. The molecule has 31 heavy (non-hydrogen) atoms. The number of benzene rings is 1. The summed E-state index contributed by atoms with van der Waals surface area (Å²) >= 11 is 1.33. The molecule has 0 radical (unpaired) electrons. The minimum absolute atomic E-state index is 0.0646. The highest BCUT2D eigenvalue weighted by atomic mass is 32.2. The van der Waals surface area contributed by atoms with E-state index in [1.54, 1.807) is 12.3 Å². The van der Waals surface area contributed by atoms with Gasteiger partial charge in [-0.05, 0) is 37.1 Å². The molecular formula is C22H22N6O2S. The van der Waals surface area contributed by atoms with Crippen LogP contribution in [0.25, 0.3) is 28.2 Å². The number of hydrogen-bond donors (Lipinski definition) is 2. The highest BCUT2D eigenvalue weighted by Gasteiger charge is 2.23. The lowest BCUT2D eigenvalue weighted by atomic mass is 10.2. The molecule has 0 aliphatic rings. The van der Waals surface area contributed by atoms with Crippen molar-refractivity contribution in [1.82, 2.24) is 24.7 Å². The largest absolute Gasteiger partial charge is 0.510 e. The monoisotopic (exact) mass is 434 g/mol. The molecule has 3 aromatic heterocycles. The van der Waals surface area contributed by atoms with E-state index in [9.17, 15) is 10.4 Å². The third-order valence-electron chi connectivity index (χ3n) is 4.67. The van der Waals surface area contributed by atoms with E-state index in [0.717, 1.165) is 11.0 Å². The quantitative estimate of drug-likeness (QED) is 0.238. The Kier molecular flexibility index (Phi) is 5.82. The number of nitrogens with zero attached hydrogens (tertiary/aromatic N) is 5. The Bertz CT molecular complexity index is 1230. The van der Waals surface area contributed by atoms with E-state index in [2.05, 4.69) is 40.1 Å². The summed E-state index contributed by atoms with van der Waals surface area (Å²) in [6.07, 6.45) is 1.60. The summed E-state index contributed by atoms with van der Waals surface area (Å²) in [5.74, 6) is 1.90. The van der Waals surface area contributed by atoms with E-state index in [1.807, 2.05) is 41.8 Å². The zero-order valence-corrected chi connectivity index (χ0v) is 18.2. The van der Waals surface area contributed by atoms with Crippen molar-refractivity contribution in [2.45, 2.75) is 37.7 Å². The number of allylic oxidation sites excluding steroid dienone is 1. The van der Waals surface area contributed by atoms with E-state index >= 15 is 0 Å². The van der Waals surface area contributed by atoms with Crippen molar-refractivity contribution < 1.29 is 9.52 Å². The smallest absolute Gasteiger partial charge is 0.200 e. The maximum Gasteiger partial charge on any atom is 0.200 e. The Morgan fingerprint density at radius 3 is 2.71 bits per heavy atom. The van der Waals surface area contributed by atoms with Gasteiger partial charge in [0, 0.05) is 6.54 Å². The topological polar surface area (TPSA) is 117 Å². The van der Waals surface area contributed by atoms with Gasteiger partial charge in [0.15, 0.2) is 22.6 Å². The van der Waals surface area contributed by atoms with Crippen molar-refractivity contribution in [2.24, 2.45) is 5.92 Å². The first-order valence-corrected chi connectivity index (χ1v) is 10.8. The predicted octanol–water partition coefficient (Wildman–Crippen LogP) is 5.04. The second-order valence-electron chi connectivity index (χ2n) is 7.52. The Morgan fingerprint density at radius 1 is 1.23 bits per heavy atom. The van der Waals surface area contributed by atoms with E-state index in [1.165, 1.54) is 11.8 Å². The fraction of sp³-hybridized carbons (Fsp3) is 0.273. The molecule has 0 saturated heterocycles. The molecule has 9 heteroatoms. The third kappa shape index (κ3) is 4.20. The number of imidazole rings is 1. The van der Waals surface area contributed by atoms with Crippen molar-refractivity contribution in [1.29, 1.82) is 5.26 Å². The SMILES string of the molecule is CC(C)Cn1c(SC(C)/C(O)=C(\C#N)c2nc3ccccc3[nH]2)nnc1-c1ccco1. The van der Waals surface area contributed by atoms with E-state index in [4.69, 9.17) is 4.42 Å². The maximum atomic E-state index is 10.9. The number of aromatic nitrogens is 5. The minimum Gasteiger partial charge on any atom is -0.510 e. The van der Waals surface area contributed by atoms with Crippen LogP contribution in [0.15, 0.2) is 58.0 Å². The molecule has 158 valence electrons. The van der Waals surface area contributed by atoms with Gasteiger partial charge in [0.25, 0.3) is 0 Å². The van der Waals surface area contributed by atoms with Gasteiger partial charge >= 0.3 is 0 Å². The highest BCUT2D eigenvalue weighted by Crippen LogP contribution is 2.32. The number of furan rings is 1. The summed E-state index contributed by atoms with van der Waals surface area (Å²) in [5, 5.41) is 29.4. The number of aliphatic hydroxyl groups excluding tert-OH is 1. The molecule has 8 nitrogen and oxygen atoms in total. The van der Waals surface area contributed by atoms with E-state index in [0.29, 0.717) is 35.0 Å². The molecule has 0 fully saturated rings. The van der Waals surface area contributed by atoms with Gasteiger partial charge in [-0.1, -0.05) is 37.7 Å². The number of H-pyrrole nitrogens is 1.